The summed E-state index contributed by atoms with van der Waals surface area (Å²) >= 11 is 0. The highest BCUT2D eigenvalue weighted by atomic mass is 35.5. The lowest BCUT2D eigenvalue weighted by molar-refractivity contribution is -0.0225. The van der Waals surface area contributed by atoms with E-state index in [9.17, 15) is 9.90 Å². The zero-order valence-electron chi connectivity index (χ0n) is 13.7. The Morgan fingerprint density at radius 1 is 1.20 bits per heavy atom. The lowest BCUT2D eigenvalue weighted by Crippen LogP contribution is -2.42. The van der Waals surface area contributed by atoms with Gasteiger partial charge < -0.3 is 20.9 Å². The van der Waals surface area contributed by atoms with E-state index in [2.05, 4.69) is 10.3 Å². The third-order valence-electron chi connectivity index (χ3n) is 5.20. The van der Waals surface area contributed by atoms with Gasteiger partial charge in [0.05, 0.1) is 6.10 Å². The van der Waals surface area contributed by atoms with Crippen molar-refractivity contribution >= 4 is 29.2 Å². The first-order valence-electron chi connectivity index (χ1n) is 8.37. The summed E-state index contributed by atoms with van der Waals surface area (Å²) < 4.78 is 6.13. The Balaban J connectivity index is 0.00000182. The van der Waals surface area contributed by atoms with Gasteiger partial charge in [0.1, 0.15) is 23.1 Å². The summed E-state index contributed by atoms with van der Waals surface area (Å²) in [6.07, 6.45) is 0.842. The second-order valence-corrected chi connectivity index (χ2v) is 6.76. The van der Waals surface area contributed by atoms with Gasteiger partial charge in [-0.3, -0.25) is 4.79 Å². The fourth-order valence-corrected chi connectivity index (χ4v) is 3.90. The number of aliphatic hydroxyl groups is 1. The maximum absolute atomic E-state index is 11.4. The highest BCUT2D eigenvalue weighted by Crippen LogP contribution is 2.36. The molecule has 1 saturated heterocycles. The number of amides is 1. The molecule has 0 unspecified atom stereocenters. The highest BCUT2D eigenvalue weighted by molar-refractivity contribution is 5.94. The minimum absolute atomic E-state index is 0. The van der Waals surface area contributed by atoms with E-state index in [-0.39, 0.29) is 24.2 Å². The Morgan fingerprint density at radius 2 is 1.96 bits per heavy atom. The van der Waals surface area contributed by atoms with E-state index >= 15 is 0 Å². The molecule has 4 rings (SSSR count). The summed E-state index contributed by atoms with van der Waals surface area (Å²) in [5.74, 6) is 1.10. The van der Waals surface area contributed by atoms with E-state index in [4.69, 9.17) is 10.5 Å². The molecule has 1 amide bonds. The molecule has 4 atom stereocenters. The van der Waals surface area contributed by atoms with Crippen LogP contribution in [0.1, 0.15) is 23.3 Å². The minimum Gasteiger partial charge on any atom is -0.485 e. The summed E-state index contributed by atoms with van der Waals surface area (Å²) in [6.45, 7) is 1.96. The van der Waals surface area contributed by atoms with Crippen LogP contribution in [0, 0.1) is 11.8 Å². The number of rotatable bonds is 3. The number of carbonyl (C=O) groups is 1. The first-order chi connectivity index (χ1) is 11.6. The number of benzene rings is 1. The number of nitrogens with two attached hydrogens (primary N) is 1. The fraction of sp³-hybridized carbons (Fsp3) is 0.444. The Morgan fingerprint density at radius 3 is 2.72 bits per heavy atom. The van der Waals surface area contributed by atoms with Crippen LogP contribution in [0.3, 0.4) is 0 Å². The number of aliphatic hydroxyl groups excluding tert-OH is 1. The molecule has 1 aromatic heterocycles. The molecule has 6 nitrogen and oxygen atoms in total. The number of pyridine rings is 1. The van der Waals surface area contributed by atoms with Crippen LogP contribution in [-0.4, -0.2) is 41.3 Å². The van der Waals surface area contributed by atoms with Crippen LogP contribution >= 0.6 is 12.4 Å². The van der Waals surface area contributed by atoms with Crippen LogP contribution in [0.15, 0.2) is 30.3 Å². The third kappa shape index (κ3) is 3.42. The molecule has 134 valence electrons. The molecule has 25 heavy (non-hydrogen) atoms. The van der Waals surface area contributed by atoms with Gasteiger partial charge in [-0.1, -0.05) is 18.2 Å². The van der Waals surface area contributed by atoms with Gasteiger partial charge in [-0.05, 0) is 49.9 Å². The Bertz CT molecular complexity index is 785. The number of carbonyl (C=O) groups excluding carboxylic acids is 1. The van der Waals surface area contributed by atoms with E-state index in [0.29, 0.717) is 23.1 Å². The predicted octanol–water partition coefficient (Wildman–Crippen LogP) is 1.49. The van der Waals surface area contributed by atoms with Crippen molar-refractivity contribution in [2.45, 2.75) is 25.0 Å². The van der Waals surface area contributed by atoms with Crippen molar-refractivity contribution in [3.05, 3.63) is 36.0 Å². The van der Waals surface area contributed by atoms with Crippen molar-refractivity contribution in [2.75, 3.05) is 13.1 Å². The van der Waals surface area contributed by atoms with Crippen molar-refractivity contribution in [1.82, 2.24) is 10.3 Å². The zero-order chi connectivity index (χ0) is 16.7. The number of aromatic nitrogens is 1. The van der Waals surface area contributed by atoms with E-state index in [0.717, 1.165) is 31.3 Å². The largest absolute Gasteiger partial charge is 0.485 e. The van der Waals surface area contributed by atoms with Crippen molar-refractivity contribution in [3.8, 4) is 5.75 Å². The van der Waals surface area contributed by atoms with Gasteiger partial charge in [-0.15, -0.1) is 12.4 Å². The molecule has 1 saturated carbocycles. The first-order valence-corrected chi connectivity index (χ1v) is 8.37. The summed E-state index contributed by atoms with van der Waals surface area (Å²) in [6, 6.07) is 9.04. The summed E-state index contributed by atoms with van der Waals surface area (Å²) in [5, 5.41) is 14.7. The summed E-state index contributed by atoms with van der Waals surface area (Å²) in [7, 11) is 0. The maximum atomic E-state index is 11.4. The van der Waals surface area contributed by atoms with Crippen LogP contribution in [0.25, 0.3) is 10.9 Å². The molecule has 0 spiro atoms. The van der Waals surface area contributed by atoms with Crippen LogP contribution in [0.2, 0.25) is 0 Å². The van der Waals surface area contributed by atoms with E-state index in [1.807, 2.05) is 24.3 Å². The molecule has 2 aromatic rings. The van der Waals surface area contributed by atoms with Crippen molar-refractivity contribution in [3.63, 3.8) is 0 Å². The van der Waals surface area contributed by atoms with Gasteiger partial charge in [0.15, 0.2) is 0 Å². The Labute approximate surface area is 152 Å². The fourth-order valence-electron chi connectivity index (χ4n) is 3.90. The number of hydrogen-bond donors (Lipinski definition) is 3. The molecule has 0 bridgehead atoms. The second kappa shape index (κ2) is 7.15. The number of nitrogens with zero attached hydrogens (tertiary/aromatic N) is 1. The molecule has 0 radical (unpaired) electrons. The SMILES string of the molecule is Cl.NC(=O)c1ccc2cccc(O[C@@H]3C[C@@H]4CNC[C@@H]4C[C@H]3O)c2n1. The molecule has 2 aliphatic rings. The van der Waals surface area contributed by atoms with Crippen LogP contribution in [0.4, 0.5) is 0 Å². The number of ether oxygens (including phenoxy) is 1. The van der Waals surface area contributed by atoms with Gasteiger partial charge >= 0.3 is 0 Å². The number of hydrogen-bond acceptors (Lipinski definition) is 5. The Hall–Kier alpha value is -1.89. The topological polar surface area (TPSA) is 97.5 Å². The molecule has 4 N–H and O–H groups in total. The zero-order valence-corrected chi connectivity index (χ0v) is 14.5. The molecular formula is C18H22ClN3O3. The molecule has 2 heterocycles. The van der Waals surface area contributed by atoms with Gasteiger partial charge in [-0.25, -0.2) is 4.98 Å². The second-order valence-electron chi connectivity index (χ2n) is 6.76. The van der Waals surface area contributed by atoms with Gasteiger partial charge in [0.25, 0.3) is 5.91 Å². The smallest absolute Gasteiger partial charge is 0.267 e. The van der Waals surface area contributed by atoms with Gasteiger partial charge in [0, 0.05) is 5.39 Å². The predicted molar refractivity (Wildman–Crippen MR) is 97.0 cm³/mol. The lowest BCUT2D eigenvalue weighted by Gasteiger charge is -2.35. The summed E-state index contributed by atoms with van der Waals surface area (Å²) in [5.41, 5.74) is 6.15. The number of nitrogens with one attached hydrogen (secondary N) is 1. The number of primary amides is 1. The normalized spacial score (nSPS) is 28.2. The quantitative estimate of drug-likeness (QED) is 0.767. The van der Waals surface area contributed by atoms with Crippen molar-refractivity contribution in [2.24, 2.45) is 17.6 Å². The maximum Gasteiger partial charge on any atom is 0.267 e. The molecule has 1 aromatic carbocycles. The van der Waals surface area contributed by atoms with Crippen molar-refractivity contribution in [1.29, 1.82) is 0 Å². The average Bonchev–Trinajstić information content (AvgIpc) is 3.02. The molecular weight excluding hydrogens is 342 g/mol. The van der Waals surface area contributed by atoms with Gasteiger partial charge in [-0.2, -0.15) is 0 Å². The number of fused-ring (bicyclic) bond motifs is 2. The lowest BCUT2D eigenvalue weighted by atomic mass is 9.78. The van der Waals surface area contributed by atoms with Gasteiger partial charge in [0.2, 0.25) is 0 Å². The van der Waals surface area contributed by atoms with E-state index in [1.54, 1.807) is 6.07 Å². The van der Waals surface area contributed by atoms with Crippen LogP contribution in [0.5, 0.6) is 5.75 Å². The molecule has 7 heteroatoms. The van der Waals surface area contributed by atoms with E-state index in [1.165, 1.54) is 0 Å². The monoisotopic (exact) mass is 363 g/mol. The third-order valence-corrected chi connectivity index (χ3v) is 5.20. The minimum atomic E-state index is -0.565. The molecule has 1 aliphatic heterocycles. The Kier molecular flexibility index (Phi) is 5.13. The summed E-state index contributed by atoms with van der Waals surface area (Å²) in [4.78, 5) is 15.7. The first kappa shape index (κ1) is 17.9. The highest BCUT2D eigenvalue weighted by Gasteiger charge is 2.40. The molecule has 1 aliphatic carbocycles. The number of para-hydroxylation sites is 1. The van der Waals surface area contributed by atoms with Crippen LogP contribution in [-0.2, 0) is 0 Å². The van der Waals surface area contributed by atoms with Crippen molar-refractivity contribution < 1.29 is 14.6 Å². The van der Waals surface area contributed by atoms with Crippen LogP contribution < -0.4 is 15.8 Å². The standard InChI is InChI=1S/C18H21N3O3.ClH/c19-18(23)13-5-4-10-2-1-3-15(17(10)21-13)24-16-7-12-9-20-8-11(12)6-14(16)22;/h1-5,11-12,14,16,20,22H,6-9H2,(H2,19,23);1H/t11-,12+,14+,16+;/m0./s1. The number of halogens is 1. The van der Waals surface area contributed by atoms with E-state index < -0.39 is 12.0 Å². The molecule has 2 fully saturated rings. The average molecular weight is 364 g/mol.